The molecule has 0 saturated heterocycles. The summed E-state index contributed by atoms with van der Waals surface area (Å²) in [6.45, 7) is 10.4. The van der Waals surface area contributed by atoms with E-state index in [4.69, 9.17) is 11.6 Å². The average Bonchev–Trinajstić information content (AvgIpc) is 2.42. The second kappa shape index (κ2) is 6.09. The van der Waals surface area contributed by atoms with Crippen LogP contribution in [0.15, 0.2) is 30.5 Å². The van der Waals surface area contributed by atoms with E-state index in [-0.39, 0.29) is 17.0 Å². The molecule has 0 atom stereocenters. The van der Waals surface area contributed by atoms with Crippen LogP contribution in [0.4, 0.5) is 5.69 Å². The standard InChI is InChI=1S/C18H21ClN2O/c1-11-6-7-13(10-14(11)18(3,4)5)21-17(22)16-15(19)12(2)8-9-20-16/h6-10H,1-5H3,(H,21,22). The second-order valence-electron chi connectivity index (χ2n) is 6.52. The third-order valence-electron chi connectivity index (χ3n) is 3.60. The summed E-state index contributed by atoms with van der Waals surface area (Å²) in [6, 6.07) is 7.70. The summed E-state index contributed by atoms with van der Waals surface area (Å²) in [4.78, 5) is 16.5. The molecule has 1 aromatic heterocycles. The number of amides is 1. The van der Waals surface area contributed by atoms with Gasteiger partial charge in [0.1, 0.15) is 5.69 Å². The molecule has 0 unspecified atom stereocenters. The number of hydrogen-bond acceptors (Lipinski definition) is 2. The van der Waals surface area contributed by atoms with E-state index in [0.29, 0.717) is 5.02 Å². The number of hydrogen-bond donors (Lipinski definition) is 1. The maximum Gasteiger partial charge on any atom is 0.275 e. The van der Waals surface area contributed by atoms with Gasteiger partial charge in [-0.2, -0.15) is 0 Å². The number of nitrogens with zero attached hydrogens (tertiary/aromatic N) is 1. The number of nitrogens with one attached hydrogen (secondary N) is 1. The van der Waals surface area contributed by atoms with Crippen LogP contribution in [-0.4, -0.2) is 10.9 Å². The molecule has 2 aromatic rings. The maximum absolute atomic E-state index is 12.4. The van der Waals surface area contributed by atoms with E-state index in [1.807, 2.05) is 25.1 Å². The lowest BCUT2D eigenvalue weighted by molar-refractivity contribution is 0.102. The number of aromatic nitrogens is 1. The van der Waals surface area contributed by atoms with Gasteiger partial charge in [0.25, 0.3) is 5.91 Å². The predicted octanol–water partition coefficient (Wildman–Crippen LogP) is 4.90. The predicted molar refractivity (Wildman–Crippen MR) is 91.8 cm³/mol. The number of aryl methyl sites for hydroxylation is 2. The lowest BCUT2D eigenvalue weighted by Gasteiger charge is -2.22. The van der Waals surface area contributed by atoms with Crippen LogP contribution in [0.25, 0.3) is 0 Å². The van der Waals surface area contributed by atoms with Crippen LogP contribution in [0.2, 0.25) is 5.02 Å². The quantitative estimate of drug-likeness (QED) is 0.856. The zero-order valence-corrected chi connectivity index (χ0v) is 14.4. The van der Waals surface area contributed by atoms with E-state index in [0.717, 1.165) is 11.3 Å². The first-order valence-electron chi connectivity index (χ1n) is 7.23. The van der Waals surface area contributed by atoms with Crippen molar-refractivity contribution >= 4 is 23.2 Å². The molecule has 116 valence electrons. The van der Waals surface area contributed by atoms with Crippen molar-refractivity contribution in [2.45, 2.75) is 40.0 Å². The molecule has 0 aliphatic heterocycles. The summed E-state index contributed by atoms with van der Waals surface area (Å²) in [5, 5.41) is 3.27. The molecule has 0 aliphatic carbocycles. The molecule has 2 rings (SSSR count). The molecule has 22 heavy (non-hydrogen) atoms. The Morgan fingerprint density at radius 1 is 1.14 bits per heavy atom. The highest BCUT2D eigenvalue weighted by atomic mass is 35.5. The number of benzene rings is 1. The summed E-state index contributed by atoms with van der Waals surface area (Å²) >= 11 is 6.16. The molecule has 0 bridgehead atoms. The lowest BCUT2D eigenvalue weighted by Crippen LogP contribution is -2.17. The van der Waals surface area contributed by atoms with Gasteiger partial charge >= 0.3 is 0 Å². The average molecular weight is 317 g/mol. The van der Waals surface area contributed by atoms with Gasteiger partial charge in [-0.25, -0.2) is 4.98 Å². The van der Waals surface area contributed by atoms with Gasteiger partial charge in [-0.1, -0.05) is 38.4 Å². The van der Waals surface area contributed by atoms with Gasteiger partial charge in [0, 0.05) is 11.9 Å². The number of pyridine rings is 1. The van der Waals surface area contributed by atoms with Gasteiger partial charge in [0.15, 0.2) is 0 Å². The third kappa shape index (κ3) is 3.47. The van der Waals surface area contributed by atoms with Crippen LogP contribution in [0.5, 0.6) is 0 Å². The van der Waals surface area contributed by atoms with Crippen molar-refractivity contribution in [1.29, 1.82) is 0 Å². The number of anilines is 1. The summed E-state index contributed by atoms with van der Waals surface area (Å²) in [7, 11) is 0. The van der Waals surface area contributed by atoms with E-state index in [2.05, 4.69) is 38.0 Å². The molecule has 1 heterocycles. The Kier molecular flexibility index (Phi) is 4.57. The first-order chi connectivity index (χ1) is 10.2. The van der Waals surface area contributed by atoms with E-state index < -0.39 is 0 Å². The molecule has 1 aromatic carbocycles. The van der Waals surface area contributed by atoms with Gasteiger partial charge in [-0.05, 0) is 54.2 Å². The Hall–Kier alpha value is -1.87. The number of carbonyl (C=O) groups excluding carboxylic acids is 1. The largest absolute Gasteiger partial charge is 0.321 e. The minimum atomic E-state index is -0.294. The first-order valence-corrected chi connectivity index (χ1v) is 7.61. The second-order valence-corrected chi connectivity index (χ2v) is 6.90. The highest BCUT2D eigenvalue weighted by Gasteiger charge is 2.18. The molecular weight excluding hydrogens is 296 g/mol. The zero-order chi connectivity index (χ0) is 16.5. The van der Waals surface area contributed by atoms with Crippen molar-refractivity contribution in [3.05, 3.63) is 57.9 Å². The maximum atomic E-state index is 12.4. The molecule has 4 heteroatoms. The minimum absolute atomic E-state index is 0.0179. The third-order valence-corrected chi connectivity index (χ3v) is 4.08. The lowest BCUT2D eigenvalue weighted by atomic mass is 9.84. The van der Waals surface area contributed by atoms with E-state index >= 15 is 0 Å². The fourth-order valence-corrected chi connectivity index (χ4v) is 2.59. The molecule has 0 radical (unpaired) electrons. The van der Waals surface area contributed by atoms with E-state index in [1.54, 1.807) is 12.3 Å². The molecule has 0 saturated carbocycles. The Labute approximate surface area is 136 Å². The molecule has 0 fully saturated rings. The van der Waals surface area contributed by atoms with Crippen molar-refractivity contribution < 1.29 is 4.79 Å². The van der Waals surface area contributed by atoms with Crippen molar-refractivity contribution in [1.82, 2.24) is 4.98 Å². The van der Waals surface area contributed by atoms with E-state index in [1.165, 1.54) is 11.1 Å². The highest BCUT2D eigenvalue weighted by molar-refractivity contribution is 6.34. The fourth-order valence-electron chi connectivity index (χ4n) is 2.40. The number of carbonyl (C=O) groups is 1. The number of halogens is 1. The minimum Gasteiger partial charge on any atom is -0.321 e. The smallest absolute Gasteiger partial charge is 0.275 e. The number of rotatable bonds is 2. The summed E-state index contributed by atoms with van der Waals surface area (Å²) < 4.78 is 0. The Morgan fingerprint density at radius 2 is 1.82 bits per heavy atom. The highest BCUT2D eigenvalue weighted by Crippen LogP contribution is 2.28. The van der Waals surface area contributed by atoms with Crippen molar-refractivity contribution in [3.63, 3.8) is 0 Å². The molecule has 1 amide bonds. The molecular formula is C18H21ClN2O. The zero-order valence-electron chi connectivity index (χ0n) is 13.6. The van der Waals surface area contributed by atoms with Crippen molar-refractivity contribution in [2.24, 2.45) is 0 Å². The van der Waals surface area contributed by atoms with Crippen LogP contribution in [0.1, 0.15) is 48.0 Å². The van der Waals surface area contributed by atoms with Crippen molar-refractivity contribution in [2.75, 3.05) is 5.32 Å². The first kappa shape index (κ1) is 16.5. The topological polar surface area (TPSA) is 42.0 Å². The normalized spacial score (nSPS) is 11.4. The van der Waals surface area contributed by atoms with Gasteiger partial charge in [0.2, 0.25) is 0 Å². The summed E-state index contributed by atoms with van der Waals surface area (Å²) in [6.07, 6.45) is 1.59. The van der Waals surface area contributed by atoms with Crippen molar-refractivity contribution in [3.8, 4) is 0 Å². The molecule has 0 spiro atoms. The SMILES string of the molecule is Cc1ccc(NC(=O)c2nccc(C)c2Cl)cc1C(C)(C)C. The van der Waals surface area contributed by atoms with Crippen LogP contribution in [-0.2, 0) is 5.41 Å². The van der Waals surface area contributed by atoms with Gasteiger partial charge in [0.05, 0.1) is 5.02 Å². The Balaban J connectivity index is 2.31. The monoisotopic (exact) mass is 316 g/mol. The van der Waals surface area contributed by atoms with Gasteiger partial charge in [-0.15, -0.1) is 0 Å². The van der Waals surface area contributed by atoms with E-state index in [9.17, 15) is 4.79 Å². The van der Waals surface area contributed by atoms with Crippen LogP contribution in [0.3, 0.4) is 0 Å². The summed E-state index contributed by atoms with van der Waals surface area (Å²) in [5.74, 6) is -0.294. The molecule has 3 nitrogen and oxygen atoms in total. The Bertz CT molecular complexity index is 718. The summed E-state index contributed by atoms with van der Waals surface area (Å²) in [5.41, 5.74) is 4.26. The molecule has 0 aliphatic rings. The van der Waals surface area contributed by atoms with Gasteiger partial charge in [-0.3, -0.25) is 4.79 Å². The van der Waals surface area contributed by atoms with Gasteiger partial charge < -0.3 is 5.32 Å². The molecule has 1 N–H and O–H groups in total. The van der Waals surface area contributed by atoms with Crippen LogP contribution in [0, 0.1) is 13.8 Å². The van der Waals surface area contributed by atoms with Crippen LogP contribution < -0.4 is 5.32 Å². The Morgan fingerprint density at radius 3 is 2.45 bits per heavy atom. The fraction of sp³-hybridized carbons (Fsp3) is 0.333. The van der Waals surface area contributed by atoms with Crippen LogP contribution >= 0.6 is 11.6 Å².